The second kappa shape index (κ2) is 8.93. The quantitative estimate of drug-likeness (QED) is 0.673. The zero-order valence-corrected chi connectivity index (χ0v) is 17.8. The van der Waals surface area contributed by atoms with E-state index >= 15 is 0 Å². The van der Waals surface area contributed by atoms with Gasteiger partial charge in [0, 0.05) is 31.7 Å². The van der Waals surface area contributed by atoms with Crippen LogP contribution in [0.15, 0.2) is 12.7 Å². The molecule has 0 bridgehead atoms. The molecule has 3 atom stereocenters. The number of carbonyl (C=O) groups is 1. The summed E-state index contributed by atoms with van der Waals surface area (Å²) < 4.78 is 5.96. The number of anilines is 1. The fraction of sp³-hybridized carbons (Fsp3) is 0.682. The smallest absolute Gasteiger partial charge is 0.318 e. The van der Waals surface area contributed by atoms with Crippen molar-refractivity contribution in [3.8, 4) is 6.01 Å². The van der Waals surface area contributed by atoms with Gasteiger partial charge in [0.05, 0.1) is 12.3 Å². The van der Waals surface area contributed by atoms with Crippen LogP contribution in [0.4, 0.5) is 5.82 Å². The first-order chi connectivity index (χ1) is 13.4. The Morgan fingerprint density at radius 3 is 2.93 bits per heavy atom. The lowest BCUT2D eigenvalue weighted by Crippen LogP contribution is -2.37. The van der Waals surface area contributed by atoms with E-state index in [-0.39, 0.29) is 11.9 Å². The van der Waals surface area contributed by atoms with Crippen molar-refractivity contribution < 1.29 is 9.53 Å². The van der Waals surface area contributed by atoms with Crippen LogP contribution in [0.25, 0.3) is 0 Å². The van der Waals surface area contributed by atoms with Crippen LogP contribution in [0.3, 0.4) is 0 Å². The van der Waals surface area contributed by atoms with Crippen LogP contribution in [-0.4, -0.2) is 53.6 Å². The third kappa shape index (κ3) is 4.47. The highest BCUT2D eigenvalue weighted by molar-refractivity contribution is 5.87. The first kappa shape index (κ1) is 20.6. The molecular formula is C22H34N4O2. The highest BCUT2D eigenvalue weighted by atomic mass is 16.5. The fourth-order valence-corrected chi connectivity index (χ4v) is 4.00. The molecule has 2 heterocycles. The number of fused-ring (bicyclic) bond motifs is 1. The summed E-state index contributed by atoms with van der Waals surface area (Å²) in [6.07, 6.45) is 6.55. The largest absolute Gasteiger partial charge is 0.463 e. The average molecular weight is 387 g/mol. The van der Waals surface area contributed by atoms with Gasteiger partial charge in [0.25, 0.3) is 0 Å². The Balaban J connectivity index is 1.85. The fourth-order valence-electron chi connectivity index (χ4n) is 4.00. The Morgan fingerprint density at radius 1 is 1.43 bits per heavy atom. The second-order valence-electron chi connectivity index (χ2n) is 8.47. The van der Waals surface area contributed by atoms with Gasteiger partial charge in [-0.1, -0.05) is 33.8 Å². The molecule has 1 aromatic rings. The highest BCUT2D eigenvalue weighted by Gasteiger charge is 2.32. The summed E-state index contributed by atoms with van der Waals surface area (Å²) in [6.45, 7) is 12.4. The summed E-state index contributed by atoms with van der Waals surface area (Å²) >= 11 is 0. The molecule has 3 rings (SSSR count). The first-order valence-electron chi connectivity index (χ1n) is 10.6. The van der Waals surface area contributed by atoms with Crippen molar-refractivity contribution in [2.75, 3.05) is 31.6 Å². The van der Waals surface area contributed by atoms with Crippen LogP contribution < -0.4 is 9.64 Å². The Hall–Kier alpha value is -2.11. The molecule has 154 valence electrons. The van der Waals surface area contributed by atoms with Crippen molar-refractivity contribution in [1.29, 1.82) is 0 Å². The third-order valence-corrected chi connectivity index (χ3v) is 6.20. The number of nitrogens with zero attached hydrogens (tertiary/aromatic N) is 4. The summed E-state index contributed by atoms with van der Waals surface area (Å²) in [6, 6.07) is 0.745. The number of rotatable bonds is 7. The van der Waals surface area contributed by atoms with Crippen LogP contribution in [-0.2, 0) is 17.6 Å². The zero-order chi connectivity index (χ0) is 20.3. The maximum atomic E-state index is 12.0. The van der Waals surface area contributed by atoms with Gasteiger partial charge in [-0.3, -0.25) is 4.79 Å². The van der Waals surface area contributed by atoms with Gasteiger partial charge in [-0.2, -0.15) is 9.97 Å². The van der Waals surface area contributed by atoms with Crippen LogP contribution in [0.5, 0.6) is 6.01 Å². The number of aromatic nitrogens is 2. The van der Waals surface area contributed by atoms with E-state index in [0.717, 1.165) is 50.2 Å². The molecule has 1 fully saturated rings. The summed E-state index contributed by atoms with van der Waals surface area (Å²) in [4.78, 5) is 25.6. The molecular weight excluding hydrogens is 352 g/mol. The van der Waals surface area contributed by atoms with E-state index in [1.165, 1.54) is 11.6 Å². The van der Waals surface area contributed by atoms with Crippen LogP contribution in [0, 0.1) is 11.8 Å². The highest BCUT2D eigenvalue weighted by Crippen LogP contribution is 2.33. The zero-order valence-electron chi connectivity index (χ0n) is 17.8. The molecule has 28 heavy (non-hydrogen) atoms. The van der Waals surface area contributed by atoms with Gasteiger partial charge in [-0.05, 0) is 43.6 Å². The van der Waals surface area contributed by atoms with Crippen molar-refractivity contribution in [3.05, 3.63) is 23.9 Å². The van der Waals surface area contributed by atoms with Gasteiger partial charge in [0.1, 0.15) is 5.82 Å². The molecule has 0 spiro atoms. The normalized spacial score (nSPS) is 22.5. The molecule has 3 unspecified atom stereocenters. The number of amides is 1. The minimum absolute atomic E-state index is 0.00631. The number of hydrogen-bond acceptors (Lipinski definition) is 5. The molecule has 0 N–H and O–H groups in total. The van der Waals surface area contributed by atoms with Crippen molar-refractivity contribution in [2.24, 2.45) is 11.8 Å². The van der Waals surface area contributed by atoms with Crippen molar-refractivity contribution >= 4 is 11.7 Å². The minimum atomic E-state index is 0.00631. The summed E-state index contributed by atoms with van der Waals surface area (Å²) in [7, 11) is 2.09. The first-order valence-corrected chi connectivity index (χ1v) is 10.6. The molecule has 1 amide bonds. The van der Waals surface area contributed by atoms with E-state index in [4.69, 9.17) is 14.7 Å². The number of likely N-dealkylation sites (N-methyl/N-ethyl adjacent to an activating group) is 1. The number of hydrogen-bond donors (Lipinski definition) is 0. The average Bonchev–Trinajstić information content (AvgIpc) is 3.20. The van der Waals surface area contributed by atoms with Gasteiger partial charge < -0.3 is 14.5 Å². The molecule has 1 saturated heterocycles. The lowest BCUT2D eigenvalue weighted by Gasteiger charge is -2.31. The predicted molar refractivity (Wildman–Crippen MR) is 112 cm³/mol. The topological polar surface area (TPSA) is 58.6 Å². The molecule has 0 aromatic carbocycles. The number of ether oxygens (including phenoxy) is 1. The molecule has 6 heteroatoms. The number of carbonyl (C=O) groups excluding carboxylic acids is 1. The van der Waals surface area contributed by atoms with Crippen molar-refractivity contribution in [1.82, 2.24) is 14.9 Å². The maximum Gasteiger partial charge on any atom is 0.318 e. The Kier molecular flexibility index (Phi) is 6.57. The molecule has 1 aromatic heterocycles. The van der Waals surface area contributed by atoms with Gasteiger partial charge in [0.15, 0.2) is 0 Å². The maximum absolute atomic E-state index is 12.0. The van der Waals surface area contributed by atoms with E-state index in [9.17, 15) is 4.79 Å². The Labute approximate surface area is 169 Å². The predicted octanol–water partition coefficient (Wildman–Crippen LogP) is 3.25. The van der Waals surface area contributed by atoms with E-state index in [1.54, 1.807) is 0 Å². The van der Waals surface area contributed by atoms with Gasteiger partial charge >= 0.3 is 6.01 Å². The van der Waals surface area contributed by atoms with Gasteiger partial charge in [0.2, 0.25) is 5.91 Å². The minimum Gasteiger partial charge on any atom is -0.463 e. The molecule has 1 aliphatic heterocycles. The summed E-state index contributed by atoms with van der Waals surface area (Å²) in [5, 5.41) is 0. The molecule has 6 nitrogen and oxygen atoms in total. The van der Waals surface area contributed by atoms with Crippen LogP contribution in [0.1, 0.15) is 51.3 Å². The van der Waals surface area contributed by atoms with Crippen molar-refractivity contribution in [2.45, 2.75) is 58.9 Å². The summed E-state index contributed by atoms with van der Waals surface area (Å²) in [5.74, 6) is 2.10. The van der Waals surface area contributed by atoms with Crippen LogP contribution >= 0.6 is 0 Å². The third-order valence-electron chi connectivity index (χ3n) is 6.20. The number of likely N-dealkylation sites (tertiary alicyclic amines) is 1. The Morgan fingerprint density at radius 2 is 2.21 bits per heavy atom. The van der Waals surface area contributed by atoms with E-state index in [2.05, 4.69) is 39.3 Å². The van der Waals surface area contributed by atoms with Gasteiger partial charge in [-0.15, -0.1) is 0 Å². The lowest BCUT2D eigenvalue weighted by atomic mass is 9.88. The van der Waals surface area contributed by atoms with E-state index < -0.39 is 0 Å². The van der Waals surface area contributed by atoms with Gasteiger partial charge in [-0.25, -0.2) is 0 Å². The number of aryl methyl sites for hydroxylation is 1. The lowest BCUT2D eigenvalue weighted by molar-refractivity contribution is -0.125. The summed E-state index contributed by atoms with van der Waals surface area (Å²) in [5.41, 5.74) is 2.39. The van der Waals surface area contributed by atoms with Crippen LogP contribution in [0.2, 0.25) is 0 Å². The van der Waals surface area contributed by atoms with E-state index in [1.807, 2.05) is 4.90 Å². The molecule has 0 radical (unpaired) electrons. The van der Waals surface area contributed by atoms with E-state index in [0.29, 0.717) is 31.0 Å². The SMILES string of the molecule is C=CC(=O)N1CCC(N(C)c2nc(OCC(C)CC)nc3c2CC(C)CC3)C1. The monoisotopic (exact) mass is 386 g/mol. The Bertz CT molecular complexity index is 721. The second-order valence-corrected chi connectivity index (χ2v) is 8.47. The molecule has 2 aliphatic rings. The van der Waals surface area contributed by atoms with Crippen molar-refractivity contribution in [3.63, 3.8) is 0 Å². The molecule has 0 saturated carbocycles. The molecule has 1 aliphatic carbocycles. The standard InChI is InChI=1S/C22H34N4O2/c1-6-15(3)14-28-22-23-19-9-8-16(4)12-18(19)21(24-22)25(5)17-10-11-26(13-17)20(27)7-2/h7,15-17H,2,6,8-14H2,1,3-5H3.